The Bertz CT molecular complexity index is 731. The lowest BCUT2D eigenvalue weighted by Crippen LogP contribution is -2.35. The van der Waals surface area contributed by atoms with Crippen LogP contribution in [0.4, 0.5) is 0 Å². The van der Waals surface area contributed by atoms with Crippen molar-refractivity contribution in [2.24, 2.45) is 0 Å². The van der Waals surface area contributed by atoms with Crippen LogP contribution < -0.4 is 0 Å². The number of rotatable bonds is 4. The quantitative estimate of drug-likeness (QED) is 0.835. The molecule has 1 amide bonds. The molecule has 134 valence electrons. The van der Waals surface area contributed by atoms with E-state index in [0.29, 0.717) is 29.6 Å². The standard InChI is InChI=1S/C18H23ClN4O2/c1-13(2)17-20-16(25-21-17)12-22-7-4-8-23(10-9-22)18(24)14-5-3-6-15(19)11-14/h3,5-6,11,13H,4,7-10,12H2,1-2H3. The summed E-state index contributed by atoms with van der Waals surface area (Å²) in [6, 6.07) is 7.11. The van der Waals surface area contributed by atoms with Crippen molar-refractivity contribution in [3.05, 3.63) is 46.6 Å². The highest BCUT2D eigenvalue weighted by atomic mass is 35.5. The van der Waals surface area contributed by atoms with Gasteiger partial charge in [-0.1, -0.05) is 36.7 Å². The zero-order chi connectivity index (χ0) is 17.8. The molecule has 0 aliphatic carbocycles. The van der Waals surface area contributed by atoms with E-state index < -0.39 is 0 Å². The van der Waals surface area contributed by atoms with Crippen LogP contribution in [0, 0.1) is 0 Å². The molecule has 1 aliphatic rings. The predicted octanol–water partition coefficient (Wildman–Crippen LogP) is 3.19. The molecule has 1 fully saturated rings. The van der Waals surface area contributed by atoms with Gasteiger partial charge in [0.2, 0.25) is 5.89 Å². The summed E-state index contributed by atoms with van der Waals surface area (Å²) in [6.45, 7) is 7.81. The molecule has 0 bridgehead atoms. The summed E-state index contributed by atoms with van der Waals surface area (Å²) in [5.74, 6) is 1.66. The molecule has 6 nitrogen and oxygen atoms in total. The number of benzene rings is 1. The molecule has 1 saturated heterocycles. The fourth-order valence-electron chi connectivity index (χ4n) is 2.89. The molecule has 1 aromatic carbocycles. The minimum absolute atomic E-state index is 0.0317. The van der Waals surface area contributed by atoms with Crippen molar-refractivity contribution in [2.45, 2.75) is 32.7 Å². The van der Waals surface area contributed by atoms with E-state index in [9.17, 15) is 4.79 Å². The fourth-order valence-corrected chi connectivity index (χ4v) is 3.08. The average Bonchev–Trinajstić information content (AvgIpc) is 2.93. The first-order chi connectivity index (χ1) is 12.0. The van der Waals surface area contributed by atoms with Gasteiger partial charge in [-0.05, 0) is 24.6 Å². The van der Waals surface area contributed by atoms with Gasteiger partial charge in [-0.25, -0.2) is 0 Å². The van der Waals surface area contributed by atoms with Crippen molar-refractivity contribution >= 4 is 17.5 Å². The van der Waals surface area contributed by atoms with Gasteiger partial charge in [0, 0.05) is 42.7 Å². The lowest BCUT2D eigenvalue weighted by Gasteiger charge is -2.21. The molecule has 0 unspecified atom stereocenters. The Kier molecular flexibility index (Phi) is 5.71. The van der Waals surface area contributed by atoms with Crippen LogP contribution in [0.1, 0.15) is 48.3 Å². The van der Waals surface area contributed by atoms with Gasteiger partial charge in [0.25, 0.3) is 5.91 Å². The van der Waals surface area contributed by atoms with Gasteiger partial charge in [0.15, 0.2) is 5.82 Å². The van der Waals surface area contributed by atoms with Crippen molar-refractivity contribution in [1.82, 2.24) is 19.9 Å². The van der Waals surface area contributed by atoms with Crippen molar-refractivity contribution in [3.63, 3.8) is 0 Å². The topological polar surface area (TPSA) is 62.5 Å². The molecular formula is C18H23ClN4O2. The van der Waals surface area contributed by atoms with E-state index in [1.54, 1.807) is 12.1 Å². The SMILES string of the molecule is CC(C)c1noc(CN2CCCN(C(=O)c3cccc(Cl)c3)CC2)n1. The van der Waals surface area contributed by atoms with Crippen LogP contribution in [0.3, 0.4) is 0 Å². The Morgan fingerprint density at radius 3 is 2.84 bits per heavy atom. The summed E-state index contributed by atoms with van der Waals surface area (Å²) in [6.07, 6.45) is 0.914. The van der Waals surface area contributed by atoms with Crippen LogP contribution in [0.2, 0.25) is 5.02 Å². The maximum absolute atomic E-state index is 12.7. The maximum Gasteiger partial charge on any atom is 0.253 e. The number of aromatic nitrogens is 2. The Labute approximate surface area is 152 Å². The van der Waals surface area contributed by atoms with E-state index in [4.69, 9.17) is 16.1 Å². The lowest BCUT2D eigenvalue weighted by molar-refractivity contribution is 0.0760. The van der Waals surface area contributed by atoms with Crippen LogP contribution in [0.25, 0.3) is 0 Å². The third-order valence-electron chi connectivity index (χ3n) is 4.31. The summed E-state index contributed by atoms with van der Waals surface area (Å²) in [4.78, 5) is 21.2. The summed E-state index contributed by atoms with van der Waals surface area (Å²) >= 11 is 6.00. The zero-order valence-corrected chi connectivity index (χ0v) is 15.4. The van der Waals surface area contributed by atoms with Crippen LogP contribution in [-0.4, -0.2) is 52.0 Å². The molecule has 0 radical (unpaired) electrons. The van der Waals surface area contributed by atoms with Gasteiger partial charge in [-0.2, -0.15) is 4.98 Å². The number of nitrogens with zero attached hydrogens (tertiary/aromatic N) is 4. The van der Waals surface area contributed by atoms with Crippen molar-refractivity contribution in [1.29, 1.82) is 0 Å². The molecule has 3 rings (SSSR count). The molecule has 25 heavy (non-hydrogen) atoms. The molecular weight excluding hydrogens is 340 g/mol. The van der Waals surface area contributed by atoms with E-state index in [0.717, 1.165) is 31.9 Å². The Morgan fingerprint density at radius 2 is 2.12 bits per heavy atom. The van der Waals surface area contributed by atoms with E-state index in [2.05, 4.69) is 15.0 Å². The van der Waals surface area contributed by atoms with Crippen molar-refractivity contribution < 1.29 is 9.32 Å². The van der Waals surface area contributed by atoms with Gasteiger partial charge >= 0.3 is 0 Å². The number of hydrogen-bond acceptors (Lipinski definition) is 5. The second-order valence-electron chi connectivity index (χ2n) is 6.63. The first-order valence-electron chi connectivity index (χ1n) is 8.62. The first-order valence-corrected chi connectivity index (χ1v) is 9.00. The summed E-state index contributed by atoms with van der Waals surface area (Å²) in [5, 5.41) is 4.59. The van der Waals surface area contributed by atoms with Crippen LogP contribution in [0.5, 0.6) is 0 Å². The molecule has 0 spiro atoms. The molecule has 1 aliphatic heterocycles. The van der Waals surface area contributed by atoms with E-state index in [1.165, 1.54) is 0 Å². The average molecular weight is 363 g/mol. The van der Waals surface area contributed by atoms with E-state index >= 15 is 0 Å². The summed E-state index contributed by atoms with van der Waals surface area (Å²) in [5.41, 5.74) is 0.638. The highest BCUT2D eigenvalue weighted by molar-refractivity contribution is 6.30. The molecule has 2 heterocycles. The third kappa shape index (κ3) is 4.58. The van der Waals surface area contributed by atoms with E-state index in [1.807, 2.05) is 30.9 Å². The first kappa shape index (κ1) is 17.9. The highest BCUT2D eigenvalue weighted by Crippen LogP contribution is 2.16. The number of halogens is 1. The predicted molar refractivity (Wildman–Crippen MR) is 95.6 cm³/mol. The second-order valence-corrected chi connectivity index (χ2v) is 7.07. The molecule has 0 saturated carbocycles. The Morgan fingerprint density at radius 1 is 1.28 bits per heavy atom. The Balaban J connectivity index is 1.59. The van der Waals surface area contributed by atoms with Gasteiger partial charge in [0.1, 0.15) is 0 Å². The zero-order valence-electron chi connectivity index (χ0n) is 14.6. The second kappa shape index (κ2) is 7.97. The van der Waals surface area contributed by atoms with Gasteiger partial charge in [0.05, 0.1) is 6.54 Å². The normalized spacial score (nSPS) is 16.2. The van der Waals surface area contributed by atoms with Gasteiger partial charge < -0.3 is 9.42 Å². The van der Waals surface area contributed by atoms with Gasteiger partial charge in [-0.3, -0.25) is 9.69 Å². The maximum atomic E-state index is 12.7. The third-order valence-corrected chi connectivity index (χ3v) is 4.54. The summed E-state index contributed by atoms with van der Waals surface area (Å²) in [7, 11) is 0. The van der Waals surface area contributed by atoms with Crippen LogP contribution in [-0.2, 0) is 6.54 Å². The largest absolute Gasteiger partial charge is 0.338 e. The monoisotopic (exact) mass is 362 g/mol. The Hall–Kier alpha value is -1.92. The molecule has 7 heteroatoms. The molecule has 0 atom stereocenters. The minimum Gasteiger partial charge on any atom is -0.338 e. The minimum atomic E-state index is 0.0317. The fraction of sp³-hybridized carbons (Fsp3) is 0.500. The number of amides is 1. The van der Waals surface area contributed by atoms with Crippen LogP contribution >= 0.6 is 11.6 Å². The van der Waals surface area contributed by atoms with Crippen LogP contribution in [0.15, 0.2) is 28.8 Å². The van der Waals surface area contributed by atoms with E-state index in [-0.39, 0.29) is 11.8 Å². The van der Waals surface area contributed by atoms with Gasteiger partial charge in [-0.15, -0.1) is 0 Å². The van der Waals surface area contributed by atoms with Crippen molar-refractivity contribution in [3.8, 4) is 0 Å². The number of hydrogen-bond donors (Lipinski definition) is 0. The smallest absolute Gasteiger partial charge is 0.253 e. The highest BCUT2D eigenvalue weighted by Gasteiger charge is 2.22. The number of carbonyl (C=O) groups excluding carboxylic acids is 1. The molecule has 2 aromatic rings. The molecule has 1 aromatic heterocycles. The van der Waals surface area contributed by atoms with Crippen molar-refractivity contribution in [2.75, 3.05) is 26.2 Å². The number of carbonyl (C=O) groups is 1. The lowest BCUT2D eigenvalue weighted by atomic mass is 10.2. The molecule has 0 N–H and O–H groups in total. The summed E-state index contributed by atoms with van der Waals surface area (Å²) < 4.78 is 5.33.